The number of para-hydroxylation sites is 1. The molecule has 0 bridgehead atoms. The first-order valence-corrected chi connectivity index (χ1v) is 10.8. The van der Waals surface area contributed by atoms with Crippen molar-refractivity contribution in [2.24, 2.45) is 0 Å². The molecule has 1 aromatic heterocycles. The van der Waals surface area contributed by atoms with E-state index in [1.165, 1.54) is 0 Å². The topological polar surface area (TPSA) is 82.8 Å². The number of hydrogen-bond acceptors (Lipinski definition) is 5. The molecular formula is C25H27FN2O4. The fourth-order valence-corrected chi connectivity index (χ4v) is 4.34. The van der Waals surface area contributed by atoms with Crippen molar-refractivity contribution in [2.75, 3.05) is 23.3 Å². The van der Waals surface area contributed by atoms with E-state index in [-0.39, 0.29) is 17.0 Å². The van der Waals surface area contributed by atoms with Crippen molar-refractivity contribution in [1.82, 2.24) is 0 Å². The van der Waals surface area contributed by atoms with E-state index in [9.17, 15) is 19.1 Å². The molecule has 0 radical (unpaired) electrons. The number of piperidine rings is 1. The molecule has 6 nitrogen and oxygen atoms in total. The molecule has 1 aliphatic rings. The summed E-state index contributed by atoms with van der Waals surface area (Å²) in [5.74, 6) is -0.534. The molecule has 0 spiro atoms. The monoisotopic (exact) mass is 438 g/mol. The van der Waals surface area contributed by atoms with Crippen LogP contribution in [0.2, 0.25) is 0 Å². The molecule has 1 atom stereocenters. The van der Waals surface area contributed by atoms with Gasteiger partial charge in [-0.1, -0.05) is 18.2 Å². The van der Waals surface area contributed by atoms with Crippen LogP contribution in [-0.2, 0) is 0 Å². The third-order valence-corrected chi connectivity index (χ3v) is 6.07. The highest BCUT2D eigenvalue weighted by Crippen LogP contribution is 2.33. The molecule has 0 amide bonds. The van der Waals surface area contributed by atoms with Crippen molar-refractivity contribution in [3.05, 3.63) is 68.9 Å². The van der Waals surface area contributed by atoms with Crippen molar-refractivity contribution in [2.45, 2.75) is 45.8 Å². The van der Waals surface area contributed by atoms with Gasteiger partial charge in [-0.3, -0.25) is 4.79 Å². The summed E-state index contributed by atoms with van der Waals surface area (Å²) >= 11 is 0. The number of fused-ring (bicyclic) bond motifs is 1. The number of rotatable bonds is 5. The zero-order chi connectivity index (χ0) is 23.0. The van der Waals surface area contributed by atoms with Crippen LogP contribution in [0.25, 0.3) is 11.0 Å². The molecule has 168 valence electrons. The summed E-state index contributed by atoms with van der Waals surface area (Å²) in [6.45, 7) is 6.56. The Kier molecular flexibility index (Phi) is 5.91. The summed E-state index contributed by atoms with van der Waals surface area (Å²) < 4.78 is 20.0. The molecule has 1 unspecified atom stereocenters. The number of nitrogens with zero attached hydrogens (tertiary/aromatic N) is 1. The fraction of sp³-hybridized carbons (Fsp3) is 0.360. The van der Waals surface area contributed by atoms with Crippen LogP contribution in [0.1, 0.15) is 52.9 Å². The molecule has 1 fully saturated rings. The van der Waals surface area contributed by atoms with E-state index >= 15 is 0 Å². The molecule has 7 heteroatoms. The first-order valence-electron chi connectivity index (χ1n) is 10.8. The van der Waals surface area contributed by atoms with E-state index in [1.54, 1.807) is 31.2 Å². The van der Waals surface area contributed by atoms with Crippen molar-refractivity contribution >= 4 is 28.5 Å². The van der Waals surface area contributed by atoms with E-state index in [0.29, 0.717) is 54.0 Å². The lowest BCUT2D eigenvalue weighted by Gasteiger charge is -2.30. The molecule has 3 aromatic rings. The maximum atomic E-state index is 13.6. The Morgan fingerprint density at radius 2 is 1.91 bits per heavy atom. The molecule has 2 heterocycles. The van der Waals surface area contributed by atoms with Crippen molar-refractivity contribution in [1.29, 1.82) is 0 Å². The fourth-order valence-electron chi connectivity index (χ4n) is 4.34. The van der Waals surface area contributed by atoms with Gasteiger partial charge in [0.15, 0.2) is 5.43 Å². The van der Waals surface area contributed by atoms with Gasteiger partial charge in [0.05, 0.1) is 22.6 Å². The first-order chi connectivity index (χ1) is 15.3. The number of aryl methyl sites for hydroxylation is 1. The van der Waals surface area contributed by atoms with Gasteiger partial charge >= 0.3 is 5.97 Å². The Hall–Kier alpha value is -3.35. The van der Waals surface area contributed by atoms with Crippen LogP contribution >= 0.6 is 0 Å². The quantitative estimate of drug-likeness (QED) is 0.568. The second-order valence-corrected chi connectivity index (χ2v) is 8.47. The van der Waals surface area contributed by atoms with Crippen LogP contribution in [0.15, 0.2) is 45.6 Å². The SMILES string of the molecule is Cc1cc(C(C)Nc2ccccc2C(=O)O)c2oc(N3CCC(F)CC3)c(C)c(=O)c2c1. The minimum absolute atomic E-state index is 0.105. The number of alkyl halides is 1. The third-order valence-electron chi connectivity index (χ3n) is 6.07. The molecule has 0 saturated carbocycles. The van der Waals surface area contributed by atoms with Crippen molar-refractivity contribution < 1.29 is 18.7 Å². The lowest BCUT2D eigenvalue weighted by Crippen LogP contribution is -2.35. The zero-order valence-corrected chi connectivity index (χ0v) is 18.4. The predicted molar refractivity (Wildman–Crippen MR) is 124 cm³/mol. The third kappa shape index (κ3) is 4.07. The second-order valence-electron chi connectivity index (χ2n) is 8.47. The number of anilines is 2. The molecule has 1 saturated heterocycles. The smallest absolute Gasteiger partial charge is 0.337 e. The van der Waals surface area contributed by atoms with Crippen molar-refractivity contribution in [3.8, 4) is 0 Å². The summed E-state index contributed by atoms with van der Waals surface area (Å²) in [6.07, 6.45) is -0.00643. The Balaban J connectivity index is 1.81. The summed E-state index contributed by atoms with van der Waals surface area (Å²) in [7, 11) is 0. The van der Waals surface area contributed by atoms with Gasteiger partial charge in [-0.2, -0.15) is 0 Å². The Labute approximate surface area is 185 Å². The Morgan fingerprint density at radius 1 is 1.22 bits per heavy atom. The standard InChI is InChI=1S/C25H27FN2O4/c1-14-12-19(16(3)27-21-7-5-4-6-18(21)25(30)31)23-20(13-14)22(29)15(2)24(32-23)28-10-8-17(26)9-11-28/h4-7,12-13,16-17,27H,8-11H2,1-3H3,(H,30,31). The van der Waals surface area contributed by atoms with E-state index < -0.39 is 12.1 Å². The average Bonchev–Trinajstić information content (AvgIpc) is 2.77. The van der Waals surface area contributed by atoms with Crippen LogP contribution < -0.4 is 15.6 Å². The highest BCUT2D eigenvalue weighted by molar-refractivity contribution is 5.94. The number of nitrogens with one attached hydrogen (secondary N) is 1. The summed E-state index contributed by atoms with van der Waals surface area (Å²) in [5, 5.41) is 13.2. The molecule has 4 rings (SSSR count). The lowest BCUT2D eigenvalue weighted by molar-refractivity contribution is 0.0698. The van der Waals surface area contributed by atoms with Gasteiger partial charge in [0.2, 0.25) is 5.88 Å². The van der Waals surface area contributed by atoms with E-state index in [4.69, 9.17) is 4.42 Å². The molecule has 32 heavy (non-hydrogen) atoms. The maximum absolute atomic E-state index is 13.6. The number of benzene rings is 2. The highest BCUT2D eigenvalue weighted by Gasteiger charge is 2.25. The molecule has 2 aromatic carbocycles. The first kappa shape index (κ1) is 21.9. The molecule has 1 aliphatic heterocycles. The van der Waals surface area contributed by atoms with Crippen LogP contribution in [0.4, 0.5) is 16.0 Å². The van der Waals surface area contributed by atoms with E-state index in [0.717, 1.165) is 11.1 Å². The molecular weight excluding hydrogens is 411 g/mol. The van der Waals surface area contributed by atoms with E-state index in [1.807, 2.05) is 30.9 Å². The van der Waals surface area contributed by atoms with Gasteiger partial charge in [-0.15, -0.1) is 0 Å². The maximum Gasteiger partial charge on any atom is 0.337 e. The number of aromatic carboxylic acids is 1. The summed E-state index contributed by atoms with van der Waals surface area (Å²) in [5.41, 5.74) is 3.21. The largest absolute Gasteiger partial charge is 0.478 e. The van der Waals surface area contributed by atoms with Gasteiger partial charge < -0.3 is 19.7 Å². The summed E-state index contributed by atoms with van der Waals surface area (Å²) in [6, 6.07) is 10.1. The Bertz CT molecular complexity index is 1230. The minimum Gasteiger partial charge on any atom is -0.478 e. The zero-order valence-electron chi connectivity index (χ0n) is 18.4. The highest BCUT2D eigenvalue weighted by atomic mass is 19.1. The second kappa shape index (κ2) is 8.65. The number of carbonyl (C=O) groups is 1. The minimum atomic E-state index is -1.02. The van der Waals surface area contributed by atoms with Crippen LogP contribution in [-0.4, -0.2) is 30.3 Å². The lowest BCUT2D eigenvalue weighted by atomic mass is 9.99. The molecule has 0 aliphatic carbocycles. The number of carboxylic acid groups (broad SMARTS) is 1. The van der Waals surface area contributed by atoms with Crippen LogP contribution in [0, 0.1) is 13.8 Å². The number of hydrogen-bond donors (Lipinski definition) is 2. The summed E-state index contributed by atoms with van der Waals surface area (Å²) in [4.78, 5) is 26.8. The normalized spacial score (nSPS) is 15.7. The number of halogens is 1. The average molecular weight is 438 g/mol. The van der Waals surface area contributed by atoms with E-state index in [2.05, 4.69) is 5.32 Å². The molecule has 2 N–H and O–H groups in total. The van der Waals surface area contributed by atoms with Crippen LogP contribution in [0.3, 0.4) is 0 Å². The van der Waals surface area contributed by atoms with Gasteiger partial charge in [0.25, 0.3) is 0 Å². The van der Waals surface area contributed by atoms with Crippen LogP contribution in [0.5, 0.6) is 0 Å². The van der Waals surface area contributed by atoms with Gasteiger partial charge in [0, 0.05) is 24.3 Å². The number of carboxylic acids is 1. The van der Waals surface area contributed by atoms with Gasteiger partial charge in [0.1, 0.15) is 11.8 Å². The van der Waals surface area contributed by atoms with Gasteiger partial charge in [-0.25, -0.2) is 9.18 Å². The Morgan fingerprint density at radius 3 is 2.59 bits per heavy atom. The predicted octanol–water partition coefficient (Wildman–Crippen LogP) is 5.22. The van der Waals surface area contributed by atoms with Gasteiger partial charge in [-0.05, 0) is 57.4 Å². The van der Waals surface area contributed by atoms with Crippen molar-refractivity contribution in [3.63, 3.8) is 0 Å².